The molecule has 0 aliphatic carbocycles. The lowest BCUT2D eigenvalue weighted by Gasteiger charge is -2.33. The normalized spacial score (nSPS) is 14.0. The summed E-state index contributed by atoms with van der Waals surface area (Å²) in [6, 6.07) is 28.7. The van der Waals surface area contributed by atoms with E-state index >= 15 is 0 Å². The van der Waals surface area contributed by atoms with Crippen LogP contribution in [0.25, 0.3) is 0 Å². The number of phenols is 2. The Kier molecular flexibility index (Phi) is 17.2. The molecule has 0 amide bonds. The molecule has 0 saturated heterocycles. The molecule has 4 aromatic rings. The number of halogens is 9. The van der Waals surface area contributed by atoms with E-state index in [-0.39, 0.29) is 28.1 Å². The smallest absolute Gasteiger partial charge is 0.508 e. The van der Waals surface area contributed by atoms with Gasteiger partial charge in [-0.15, -0.1) is 3.63 Å². The molecule has 0 spiro atoms. The van der Waals surface area contributed by atoms with Gasteiger partial charge in [0.1, 0.15) is 17.2 Å². The summed E-state index contributed by atoms with van der Waals surface area (Å²) in [5.74, 6) is 1.12. The third kappa shape index (κ3) is 14.2. The number of rotatable bonds is 12. The second-order valence-electron chi connectivity index (χ2n) is 15.2. The van der Waals surface area contributed by atoms with Gasteiger partial charge < -0.3 is 14.4 Å². The van der Waals surface area contributed by atoms with E-state index in [1.807, 2.05) is 59.1 Å². The fourth-order valence-corrected chi connectivity index (χ4v) is 8.28. The molecule has 4 rings (SSSR count). The molecular formula is C40H45F9O10S3. The number of aryl methyl sites for hydroxylation is 1. The van der Waals surface area contributed by atoms with E-state index in [4.69, 9.17) is 0 Å². The van der Waals surface area contributed by atoms with Gasteiger partial charge in [0.2, 0.25) is 0 Å². The first kappa shape index (κ1) is 53.6. The number of alkyl halides is 9. The number of phenolic OH excluding ortho intramolecular Hbond substituents is 2. The Labute approximate surface area is 354 Å². The van der Waals surface area contributed by atoms with Crippen molar-refractivity contribution in [1.82, 2.24) is 0 Å². The van der Waals surface area contributed by atoms with Crippen molar-refractivity contribution in [2.45, 2.75) is 88.7 Å². The van der Waals surface area contributed by atoms with Gasteiger partial charge in [0.05, 0.1) is 0 Å². The highest BCUT2D eigenvalue weighted by atomic mass is 32.3. The van der Waals surface area contributed by atoms with Crippen molar-refractivity contribution >= 4 is 30.4 Å². The fourth-order valence-electron chi connectivity index (χ4n) is 6.27. The van der Waals surface area contributed by atoms with E-state index in [9.17, 15) is 75.0 Å². The molecule has 0 saturated carbocycles. The van der Waals surface area contributed by atoms with E-state index in [1.165, 1.54) is 23.3 Å². The molecule has 0 aromatic heterocycles. The third-order valence-electron chi connectivity index (χ3n) is 9.06. The van der Waals surface area contributed by atoms with E-state index < -0.39 is 46.9 Å². The molecule has 10 nitrogen and oxygen atoms in total. The second-order valence-corrected chi connectivity index (χ2v) is 20.0. The number of hydrogen-bond donors (Lipinski definition) is 2. The van der Waals surface area contributed by atoms with Crippen LogP contribution in [0.3, 0.4) is 0 Å². The molecule has 4 aromatic carbocycles. The second kappa shape index (κ2) is 19.9. The molecular weight excluding hydrogens is 908 g/mol. The minimum Gasteiger partial charge on any atom is -0.508 e. The van der Waals surface area contributed by atoms with Crippen molar-refractivity contribution in [1.29, 1.82) is 0 Å². The molecule has 2 N–H and O–H groups in total. The summed E-state index contributed by atoms with van der Waals surface area (Å²) < 4.78 is 174. The fraction of sp³-hybridized carbons (Fsp3) is 0.400. The maximum Gasteiger partial charge on any atom is 0.534 e. The molecule has 0 radical (unpaired) electrons. The Morgan fingerprint density at radius 3 is 0.984 bits per heavy atom. The van der Waals surface area contributed by atoms with Crippen LogP contribution in [0.2, 0.25) is 0 Å². The van der Waals surface area contributed by atoms with Gasteiger partial charge in [-0.1, -0.05) is 108 Å². The molecule has 346 valence electrons. The lowest BCUT2D eigenvalue weighted by Crippen LogP contribution is -2.34. The molecule has 62 heavy (non-hydrogen) atoms. The van der Waals surface area contributed by atoms with Gasteiger partial charge in [0, 0.05) is 10.8 Å². The van der Waals surface area contributed by atoms with E-state index in [0.29, 0.717) is 11.8 Å². The topological polar surface area (TPSA) is 161 Å². The van der Waals surface area contributed by atoms with Gasteiger partial charge in [0.15, 0.2) is 0 Å². The lowest BCUT2D eigenvalue weighted by atomic mass is 9.71. The number of hydrogen-bond acceptors (Lipinski definition) is 10. The molecule has 22 heteroatoms. The van der Waals surface area contributed by atoms with Gasteiger partial charge in [0.25, 0.3) is 0 Å². The third-order valence-corrected chi connectivity index (χ3v) is 12.6. The average Bonchev–Trinajstić information content (AvgIpc) is 3.10. The Balaban J connectivity index is 0.000000336. The molecule has 0 aliphatic rings. The van der Waals surface area contributed by atoms with Crippen LogP contribution in [0, 0.1) is 18.8 Å². The van der Waals surface area contributed by atoms with Gasteiger partial charge in [-0.2, -0.15) is 64.8 Å². The predicted octanol–water partition coefficient (Wildman–Crippen LogP) is 10.7. The Morgan fingerprint density at radius 1 is 0.468 bits per heavy atom. The summed E-state index contributed by atoms with van der Waals surface area (Å²) in [5.41, 5.74) is -13.0. The summed E-state index contributed by atoms with van der Waals surface area (Å²) in [6.45, 7) is 14.9. The highest BCUT2D eigenvalue weighted by Gasteiger charge is 2.57. The summed E-state index contributed by atoms with van der Waals surface area (Å²) in [4.78, 5) is 0. The van der Waals surface area contributed by atoms with Crippen LogP contribution >= 0.6 is 0 Å². The van der Waals surface area contributed by atoms with E-state index in [0.717, 1.165) is 29.5 Å². The van der Waals surface area contributed by atoms with Crippen molar-refractivity contribution in [2.24, 2.45) is 11.8 Å². The van der Waals surface area contributed by atoms with Gasteiger partial charge >= 0.3 is 46.9 Å². The molecule has 0 fully saturated rings. The zero-order valence-electron chi connectivity index (χ0n) is 34.1. The summed E-state index contributed by atoms with van der Waals surface area (Å²) >= 11 is 0. The summed E-state index contributed by atoms with van der Waals surface area (Å²) in [7, 11) is -19.4. The quantitative estimate of drug-likeness (QED) is 0.0794. The van der Waals surface area contributed by atoms with Crippen LogP contribution in [-0.4, -0.2) is 52.0 Å². The highest BCUT2D eigenvalue weighted by Crippen LogP contribution is 2.41. The molecule has 0 bridgehead atoms. The maximum absolute atomic E-state index is 12.5. The van der Waals surface area contributed by atoms with Crippen LogP contribution in [-0.2, 0) is 44.8 Å². The van der Waals surface area contributed by atoms with Crippen LogP contribution in [0.4, 0.5) is 39.5 Å². The highest BCUT2D eigenvalue weighted by molar-refractivity contribution is 8.00. The largest absolute Gasteiger partial charge is 0.534 e. The summed E-state index contributed by atoms with van der Waals surface area (Å²) in [5, 5.41) is 19.0. The van der Waals surface area contributed by atoms with Gasteiger partial charge in [-0.25, -0.2) is 0 Å². The van der Waals surface area contributed by atoms with Crippen molar-refractivity contribution in [3.8, 4) is 17.2 Å². The SMILES string of the molecule is CC(C)CC(C)(c1ccc(O)cc1)c1ccc(O)cc1.Cc1ccc(C(C)(CC(C)C)c2ccc(OS(=O)(=O)C(F)(F)F)cc2)cc1.O=S(=O)(OS(=O)(=O)C(F)(F)F)C(F)(F)F. The van der Waals surface area contributed by atoms with Crippen molar-refractivity contribution in [3.05, 3.63) is 125 Å². The maximum atomic E-state index is 12.5. The van der Waals surface area contributed by atoms with E-state index in [1.54, 1.807) is 36.4 Å². The van der Waals surface area contributed by atoms with Crippen molar-refractivity contribution in [3.63, 3.8) is 0 Å². The standard InChI is InChI=1S/C20H23F3O3S.C18H22O2.C2F6O5S2/c1-14(2)13-19(4,16-7-5-15(3)6-8-16)17-9-11-18(12-10-17)26-27(24,25)20(21,22)23;1-13(2)12-18(3,14-4-8-16(19)9-5-14)15-6-10-17(20)11-7-15;3-1(4,5)14(9,10)13-15(11,12)2(6,7)8/h5-12,14H,13H2,1-4H3;4-11,13,19-20H,12H2,1-3H3;. The van der Waals surface area contributed by atoms with Crippen molar-refractivity contribution in [2.75, 3.05) is 0 Å². The minimum absolute atomic E-state index is 0.129. The monoisotopic (exact) mass is 952 g/mol. The van der Waals surface area contributed by atoms with E-state index in [2.05, 4.69) is 45.7 Å². The first-order valence-electron chi connectivity index (χ1n) is 18.1. The number of aromatic hydroxyl groups is 2. The Hall–Kier alpha value is -4.54. The molecule has 1 unspecified atom stereocenters. The van der Waals surface area contributed by atoms with Crippen molar-refractivity contribution < 1.29 is 82.8 Å². The molecule has 0 aliphatic heterocycles. The minimum atomic E-state index is -6.85. The Morgan fingerprint density at radius 2 is 0.726 bits per heavy atom. The van der Waals surface area contributed by atoms with Gasteiger partial charge in [-0.3, -0.25) is 0 Å². The zero-order valence-corrected chi connectivity index (χ0v) is 36.5. The molecule has 0 heterocycles. The average molecular weight is 953 g/mol. The predicted molar refractivity (Wildman–Crippen MR) is 212 cm³/mol. The summed E-state index contributed by atoms with van der Waals surface area (Å²) in [6.07, 6.45) is 1.82. The van der Waals surface area contributed by atoms with Crippen LogP contribution < -0.4 is 4.18 Å². The first-order valence-corrected chi connectivity index (χ1v) is 22.3. The first-order chi connectivity index (χ1) is 28.0. The zero-order chi connectivity index (χ0) is 47.9. The van der Waals surface area contributed by atoms with Crippen LogP contribution in [0.15, 0.2) is 97.1 Å². The van der Waals surface area contributed by atoms with Crippen LogP contribution in [0.1, 0.15) is 82.2 Å². The van der Waals surface area contributed by atoms with Gasteiger partial charge in [-0.05, 0) is 90.3 Å². The lowest BCUT2D eigenvalue weighted by molar-refractivity contribution is -0.0586. The molecule has 1 atom stereocenters. The van der Waals surface area contributed by atoms with Crippen LogP contribution in [0.5, 0.6) is 17.2 Å². The Bertz CT molecular complexity index is 2310. The number of benzene rings is 4.